The average molecular weight is 243 g/mol. The van der Waals surface area contributed by atoms with Crippen LogP contribution in [0, 0.1) is 13.8 Å². The van der Waals surface area contributed by atoms with E-state index in [0.29, 0.717) is 24.2 Å². The molecule has 0 atom stereocenters. The summed E-state index contributed by atoms with van der Waals surface area (Å²) in [7, 11) is 0. The molecule has 0 aliphatic heterocycles. The van der Waals surface area contributed by atoms with Crippen LogP contribution in [-0.4, -0.2) is 19.7 Å². The Morgan fingerprint density at radius 3 is 2.83 bits per heavy atom. The van der Waals surface area contributed by atoms with Gasteiger partial charge >= 0.3 is 0 Å². The molecule has 3 rings (SSSR count). The predicted molar refractivity (Wildman–Crippen MR) is 67.0 cm³/mol. The van der Waals surface area contributed by atoms with Crippen molar-refractivity contribution in [2.75, 3.05) is 5.73 Å². The number of nitrogens with zero attached hydrogens (tertiary/aromatic N) is 4. The topological polar surface area (TPSA) is 82.8 Å². The molecule has 0 unspecified atom stereocenters. The highest BCUT2D eigenvalue weighted by Crippen LogP contribution is 2.21. The number of aryl methyl sites for hydroxylation is 2. The molecule has 2 aromatic heterocycles. The SMILES string of the molecule is Cc1nc(Cn2c(N)nc3c(C)cccc32)no1. The third-order valence-corrected chi connectivity index (χ3v) is 2.88. The van der Waals surface area contributed by atoms with E-state index in [2.05, 4.69) is 15.1 Å². The largest absolute Gasteiger partial charge is 0.369 e. The first-order chi connectivity index (χ1) is 8.65. The molecule has 3 aromatic rings. The standard InChI is InChI=1S/C12H13N5O/c1-7-4-3-5-9-11(7)15-12(13)17(9)6-10-14-8(2)18-16-10/h3-5H,6H2,1-2H3,(H2,13,15). The van der Waals surface area contributed by atoms with E-state index in [1.807, 2.05) is 29.7 Å². The molecule has 0 spiro atoms. The van der Waals surface area contributed by atoms with Crippen molar-refractivity contribution in [1.82, 2.24) is 19.7 Å². The highest BCUT2D eigenvalue weighted by molar-refractivity contribution is 5.81. The zero-order valence-electron chi connectivity index (χ0n) is 10.2. The summed E-state index contributed by atoms with van der Waals surface area (Å²) in [5, 5.41) is 3.87. The van der Waals surface area contributed by atoms with Gasteiger partial charge in [-0.3, -0.25) is 0 Å². The third kappa shape index (κ3) is 1.62. The fraction of sp³-hybridized carbons (Fsp3) is 0.250. The van der Waals surface area contributed by atoms with E-state index >= 15 is 0 Å². The highest BCUT2D eigenvalue weighted by Gasteiger charge is 2.12. The van der Waals surface area contributed by atoms with Crippen LogP contribution in [0.15, 0.2) is 22.7 Å². The molecule has 0 fully saturated rings. The fourth-order valence-corrected chi connectivity index (χ4v) is 2.02. The molecule has 0 bridgehead atoms. The number of rotatable bonds is 2. The van der Waals surface area contributed by atoms with Crippen LogP contribution in [0.2, 0.25) is 0 Å². The van der Waals surface area contributed by atoms with Crippen LogP contribution in [-0.2, 0) is 6.54 Å². The van der Waals surface area contributed by atoms with Crippen molar-refractivity contribution in [3.63, 3.8) is 0 Å². The first kappa shape index (κ1) is 10.8. The number of hydrogen-bond acceptors (Lipinski definition) is 5. The average Bonchev–Trinajstić information content (AvgIpc) is 2.87. The van der Waals surface area contributed by atoms with E-state index in [1.165, 1.54) is 0 Å². The maximum absolute atomic E-state index is 5.94. The Bertz CT molecular complexity index is 712. The Balaban J connectivity index is 2.11. The molecule has 0 aliphatic carbocycles. The van der Waals surface area contributed by atoms with Gasteiger partial charge in [-0.15, -0.1) is 0 Å². The molecule has 0 aliphatic rings. The van der Waals surface area contributed by atoms with Gasteiger partial charge in [0, 0.05) is 6.92 Å². The van der Waals surface area contributed by atoms with Gasteiger partial charge in [0.1, 0.15) is 0 Å². The van der Waals surface area contributed by atoms with Crippen molar-refractivity contribution in [1.29, 1.82) is 0 Å². The Labute approximate surface area is 103 Å². The van der Waals surface area contributed by atoms with E-state index in [-0.39, 0.29) is 0 Å². The lowest BCUT2D eigenvalue weighted by Gasteiger charge is -2.02. The van der Waals surface area contributed by atoms with Gasteiger partial charge in [-0.05, 0) is 18.6 Å². The van der Waals surface area contributed by atoms with Crippen molar-refractivity contribution >= 4 is 17.0 Å². The van der Waals surface area contributed by atoms with E-state index < -0.39 is 0 Å². The van der Waals surface area contributed by atoms with Gasteiger partial charge in [0.15, 0.2) is 5.82 Å². The number of imidazole rings is 1. The van der Waals surface area contributed by atoms with Gasteiger partial charge in [0.05, 0.1) is 17.6 Å². The zero-order valence-corrected chi connectivity index (χ0v) is 10.2. The lowest BCUT2D eigenvalue weighted by Crippen LogP contribution is -2.05. The number of nitrogens with two attached hydrogens (primary N) is 1. The molecule has 92 valence electrons. The summed E-state index contributed by atoms with van der Waals surface area (Å²) in [6.07, 6.45) is 0. The monoisotopic (exact) mass is 243 g/mol. The van der Waals surface area contributed by atoms with Crippen molar-refractivity contribution in [3.05, 3.63) is 35.5 Å². The van der Waals surface area contributed by atoms with E-state index in [1.54, 1.807) is 6.92 Å². The molecule has 0 saturated heterocycles. The zero-order chi connectivity index (χ0) is 12.7. The molecule has 0 radical (unpaired) electrons. The summed E-state index contributed by atoms with van der Waals surface area (Å²) in [5.41, 5.74) is 8.94. The maximum atomic E-state index is 5.94. The quantitative estimate of drug-likeness (QED) is 0.740. The number of para-hydroxylation sites is 1. The summed E-state index contributed by atoms with van der Waals surface area (Å²) in [5.74, 6) is 1.60. The van der Waals surface area contributed by atoms with Crippen LogP contribution < -0.4 is 5.73 Å². The first-order valence-corrected chi connectivity index (χ1v) is 5.65. The van der Waals surface area contributed by atoms with E-state index in [0.717, 1.165) is 16.6 Å². The summed E-state index contributed by atoms with van der Waals surface area (Å²) < 4.78 is 6.83. The minimum Gasteiger partial charge on any atom is -0.369 e. The van der Waals surface area contributed by atoms with Gasteiger partial charge in [0.25, 0.3) is 0 Å². The number of nitrogen functional groups attached to an aromatic ring is 1. The first-order valence-electron chi connectivity index (χ1n) is 5.65. The minimum absolute atomic E-state index is 0.460. The van der Waals surface area contributed by atoms with Crippen LogP contribution in [0.4, 0.5) is 5.95 Å². The lowest BCUT2D eigenvalue weighted by molar-refractivity contribution is 0.386. The Hall–Kier alpha value is -2.37. The minimum atomic E-state index is 0.460. The number of anilines is 1. The van der Waals surface area contributed by atoms with Crippen molar-refractivity contribution in [2.45, 2.75) is 20.4 Å². The van der Waals surface area contributed by atoms with Crippen molar-refractivity contribution in [3.8, 4) is 0 Å². The predicted octanol–water partition coefficient (Wildman–Crippen LogP) is 1.67. The van der Waals surface area contributed by atoms with E-state index in [9.17, 15) is 0 Å². The summed E-state index contributed by atoms with van der Waals surface area (Å²) >= 11 is 0. The van der Waals surface area contributed by atoms with Gasteiger partial charge in [-0.25, -0.2) is 4.98 Å². The van der Waals surface area contributed by atoms with Gasteiger partial charge in [-0.1, -0.05) is 17.3 Å². The molecule has 18 heavy (non-hydrogen) atoms. The number of aromatic nitrogens is 4. The lowest BCUT2D eigenvalue weighted by atomic mass is 10.2. The summed E-state index contributed by atoms with van der Waals surface area (Å²) in [6, 6.07) is 5.98. The highest BCUT2D eigenvalue weighted by atomic mass is 16.5. The van der Waals surface area contributed by atoms with E-state index in [4.69, 9.17) is 10.3 Å². The smallest absolute Gasteiger partial charge is 0.223 e. The maximum Gasteiger partial charge on any atom is 0.223 e. The second kappa shape index (κ2) is 3.83. The third-order valence-electron chi connectivity index (χ3n) is 2.88. The molecular weight excluding hydrogens is 230 g/mol. The Kier molecular flexibility index (Phi) is 2.29. The second-order valence-corrected chi connectivity index (χ2v) is 4.23. The fourth-order valence-electron chi connectivity index (χ4n) is 2.02. The van der Waals surface area contributed by atoms with Crippen LogP contribution in [0.3, 0.4) is 0 Å². The second-order valence-electron chi connectivity index (χ2n) is 4.23. The summed E-state index contributed by atoms with van der Waals surface area (Å²) in [6.45, 7) is 4.23. The normalized spacial score (nSPS) is 11.2. The Morgan fingerprint density at radius 2 is 2.11 bits per heavy atom. The molecule has 2 N–H and O–H groups in total. The molecule has 6 heteroatoms. The van der Waals surface area contributed by atoms with Crippen LogP contribution in [0.1, 0.15) is 17.3 Å². The van der Waals surface area contributed by atoms with Crippen molar-refractivity contribution in [2.24, 2.45) is 0 Å². The molecule has 6 nitrogen and oxygen atoms in total. The van der Waals surface area contributed by atoms with Crippen molar-refractivity contribution < 1.29 is 4.52 Å². The van der Waals surface area contributed by atoms with Gasteiger partial charge < -0.3 is 14.8 Å². The molecule has 2 heterocycles. The van der Waals surface area contributed by atoms with Gasteiger partial charge in [0.2, 0.25) is 11.8 Å². The van der Waals surface area contributed by atoms with Crippen LogP contribution in [0.5, 0.6) is 0 Å². The molecular formula is C12H13N5O. The molecule has 0 saturated carbocycles. The Morgan fingerprint density at radius 1 is 1.28 bits per heavy atom. The number of benzene rings is 1. The number of fused-ring (bicyclic) bond motifs is 1. The summed E-state index contributed by atoms with van der Waals surface area (Å²) in [4.78, 5) is 8.54. The number of hydrogen-bond donors (Lipinski definition) is 1. The molecule has 1 aromatic carbocycles. The van der Waals surface area contributed by atoms with Crippen LogP contribution in [0.25, 0.3) is 11.0 Å². The van der Waals surface area contributed by atoms with Crippen LogP contribution >= 0.6 is 0 Å². The van der Waals surface area contributed by atoms with Gasteiger partial charge in [-0.2, -0.15) is 4.98 Å². The molecule has 0 amide bonds.